The Morgan fingerprint density at radius 1 is 0.700 bits per heavy atom. The van der Waals surface area contributed by atoms with E-state index in [1.807, 2.05) is 0 Å². The maximum atomic E-state index is 12.1. The van der Waals surface area contributed by atoms with Crippen LogP contribution in [0.4, 0.5) is 0 Å². The molecule has 30 heavy (non-hydrogen) atoms. The smallest absolute Gasteiger partial charge is 0.237 e. The van der Waals surface area contributed by atoms with Crippen LogP contribution in [-0.2, 0) is 9.59 Å². The summed E-state index contributed by atoms with van der Waals surface area (Å²) >= 11 is 0. The summed E-state index contributed by atoms with van der Waals surface area (Å²) in [4.78, 5) is 29.0. The fourth-order valence-corrected chi connectivity index (χ4v) is 5.94. The third kappa shape index (κ3) is 10.7. The van der Waals surface area contributed by atoms with Gasteiger partial charge in [-0.05, 0) is 51.9 Å². The van der Waals surface area contributed by atoms with Crippen LogP contribution in [0.2, 0.25) is 0 Å². The Balaban J connectivity index is 1.46. The highest BCUT2D eigenvalue weighted by molar-refractivity contribution is 8.76. The minimum Gasteiger partial charge on any atom is -0.353 e. The molecule has 0 saturated carbocycles. The lowest BCUT2D eigenvalue weighted by atomic mass is 10.1. The number of rotatable bonds is 13. The Morgan fingerprint density at radius 2 is 1.07 bits per heavy atom. The average Bonchev–Trinajstić information content (AvgIpc) is 2.77. The number of hydrogen-bond acceptors (Lipinski definition) is 8. The van der Waals surface area contributed by atoms with E-state index in [-0.39, 0.29) is 11.8 Å². The molecule has 0 radical (unpaired) electrons. The first-order chi connectivity index (χ1) is 14.6. The van der Waals surface area contributed by atoms with E-state index in [2.05, 4.69) is 20.4 Å². The van der Waals surface area contributed by atoms with Crippen molar-refractivity contribution in [2.75, 3.05) is 63.9 Å². The molecule has 2 amide bonds. The molecule has 2 aliphatic rings. The summed E-state index contributed by atoms with van der Waals surface area (Å²) < 4.78 is 0. The van der Waals surface area contributed by atoms with Gasteiger partial charge in [0, 0.05) is 37.7 Å². The van der Waals surface area contributed by atoms with E-state index >= 15 is 0 Å². The number of piperidine rings is 2. The lowest BCUT2D eigenvalue weighted by Gasteiger charge is -2.26. The topological polar surface area (TPSA) is 117 Å². The van der Waals surface area contributed by atoms with E-state index in [4.69, 9.17) is 11.5 Å². The zero-order chi connectivity index (χ0) is 21.6. The minimum absolute atomic E-state index is 0.111. The van der Waals surface area contributed by atoms with Crippen LogP contribution in [-0.4, -0.2) is 97.6 Å². The predicted octanol–water partition coefficient (Wildman–Crippen LogP) is 0.227. The van der Waals surface area contributed by atoms with E-state index in [9.17, 15) is 9.59 Å². The molecule has 2 fully saturated rings. The molecule has 0 spiro atoms. The molecule has 10 heteroatoms. The van der Waals surface area contributed by atoms with Crippen molar-refractivity contribution in [3.8, 4) is 0 Å². The van der Waals surface area contributed by atoms with Crippen LogP contribution in [0.15, 0.2) is 0 Å². The highest BCUT2D eigenvalue weighted by Gasteiger charge is 2.17. The van der Waals surface area contributed by atoms with Crippen LogP contribution in [0, 0.1) is 0 Å². The van der Waals surface area contributed by atoms with Crippen LogP contribution in [0.25, 0.3) is 0 Å². The highest BCUT2D eigenvalue weighted by Crippen LogP contribution is 2.22. The van der Waals surface area contributed by atoms with Gasteiger partial charge in [0.1, 0.15) is 0 Å². The van der Waals surface area contributed by atoms with Crippen molar-refractivity contribution < 1.29 is 9.59 Å². The Labute approximate surface area is 189 Å². The molecular formula is C20H40N6O2S2. The SMILES string of the molecule is NC(CSSCC(N)C(=O)NCCN1CCCCC1)C(=O)NCCN1CCCCC1. The van der Waals surface area contributed by atoms with Gasteiger partial charge < -0.3 is 31.9 Å². The lowest BCUT2D eigenvalue weighted by Crippen LogP contribution is -2.46. The van der Waals surface area contributed by atoms with Crippen molar-refractivity contribution >= 4 is 33.4 Å². The number of likely N-dealkylation sites (tertiary alicyclic amines) is 2. The van der Waals surface area contributed by atoms with E-state index in [0.717, 1.165) is 39.3 Å². The molecule has 2 heterocycles. The van der Waals surface area contributed by atoms with E-state index in [0.29, 0.717) is 24.6 Å². The van der Waals surface area contributed by atoms with Gasteiger partial charge in [-0.1, -0.05) is 34.4 Å². The number of carbonyl (C=O) groups excluding carboxylic acids is 2. The maximum absolute atomic E-state index is 12.1. The van der Waals surface area contributed by atoms with Gasteiger partial charge in [-0.3, -0.25) is 9.59 Å². The van der Waals surface area contributed by atoms with E-state index < -0.39 is 12.1 Å². The summed E-state index contributed by atoms with van der Waals surface area (Å²) in [5.41, 5.74) is 11.9. The summed E-state index contributed by atoms with van der Waals surface area (Å²) in [6, 6.07) is -1.09. The first-order valence-corrected chi connectivity index (χ1v) is 13.8. The van der Waals surface area contributed by atoms with Crippen molar-refractivity contribution in [1.29, 1.82) is 0 Å². The van der Waals surface area contributed by atoms with Gasteiger partial charge in [-0.15, -0.1) is 0 Å². The average molecular weight is 461 g/mol. The molecule has 0 aromatic rings. The minimum atomic E-state index is -0.543. The second-order valence-electron chi connectivity index (χ2n) is 8.17. The predicted molar refractivity (Wildman–Crippen MR) is 127 cm³/mol. The molecule has 2 saturated heterocycles. The molecule has 8 nitrogen and oxygen atoms in total. The molecule has 0 bridgehead atoms. The Bertz CT molecular complexity index is 458. The van der Waals surface area contributed by atoms with Crippen molar-refractivity contribution in [3.63, 3.8) is 0 Å². The fraction of sp³-hybridized carbons (Fsp3) is 0.900. The number of nitrogens with zero attached hydrogens (tertiary/aromatic N) is 2. The third-order valence-corrected chi connectivity index (χ3v) is 8.08. The van der Waals surface area contributed by atoms with Gasteiger partial charge >= 0.3 is 0 Å². The van der Waals surface area contributed by atoms with Gasteiger partial charge in [0.05, 0.1) is 12.1 Å². The van der Waals surface area contributed by atoms with Crippen LogP contribution in [0.5, 0.6) is 0 Å². The standard InChI is InChI=1S/C20H40N6O2S2/c21-17(19(27)23-7-13-25-9-3-1-4-10-25)15-29-30-16-18(22)20(28)24-8-14-26-11-5-2-6-12-26/h17-18H,1-16,21-22H2,(H,23,27)(H,24,28). The molecule has 2 unspecified atom stereocenters. The van der Waals surface area contributed by atoms with Crippen molar-refractivity contribution in [3.05, 3.63) is 0 Å². The number of nitrogens with one attached hydrogen (secondary N) is 2. The van der Waals surface area contributed by atoms with Crippen LogP contribution < -0.4 is 22.1 Å². The summed E-state index contributed by atoms with van der Waals surface area (Å²) in [7, 11) is 2.99. The van der Waals surface area contributed by atoms with Crippen molar-refractivity contribution in [1.82, 2.24) is 20.4 Å². The van der Waals surface area contributed by atoms with E-state index in [1.165, 1.54) is 60.1 Å². The Hall–Kier alpha value is -0.520. The van der Waals surface area contributed by atoms with Crippen LogP contribution in [0.3, 0.4) is 0 Å². The van der Waals surface area contributed by atoms with Crippen LogP contribution in [0.1, 0.15) is 38.5 Å². The monoisotopic (exact) mass is 460 g/mol. The number of hydrogen-bond donors (Lipinski definition) is 4. The van der Waals surface area contributed by atoms with Gasteiger partial charge in [0.2, 0.25) is 11.8 Å². The zero-order valence-corrected chi connectivity index (χ0v) is 19.8. The Morgan fingerprint density at radius 3 is 1.43 bits per heavy atom. The van der Waals surface area contributed by atoms with Crippen molar-refractivity contribution in [2.45, 2.75) is 50.6 Å². The quantitative estimate of drug-likeness (QED) is 0.228. The lowest BCUT2D eigenvalue weighted by molar-refractivity contribution is -0.122. The molecule has 0 aliphatic carbocycles. The molecule has 2 rings (SSSR count). The third-order valence-electron chi connectivity index (χ3n) is 5.60. The van der Waals surface area contributed by atoms with Gasteiger partial charge in [0.15, 0.2) is 0 Å². The molecule has 0 aromatic carbocycles. The summed E-state index contributed by atoms with van der Waals surface area (Å²) in [5, 5.41) is 5.85. The van der Waals surface area contributed by atoms with Gasteiger partial charge in [0.25, 0.3) is 0 Å². The normalized spacial score (nSPS) is 20.5. The number of amides is 2. The number of nitrogens with two attached hydrogens (primary N) is 2. The second-order valence-corrected chi connectivity index (χ2v) is 10.7. The first-order valence-electron chi connectivity index (χ1n) is 11.3. The molecule has 6 N–H and O–H groups in total. The highest BCUT2D eigenvalue weighted by atomic mass is 33.1. The van der Waals surface area contributed by atoms with E-state index in [1.54, 1.807) is 0 Å². The largest absolute Gasteiger partial charge is 0.353 e. The summed E-state index contributed by atoms with van der Waals surface area (Å²) in [6.07, 6.45) is 7.62. The number of carbonyl (C=O) groups is 2. The van der Waals surface area contributed by atoms with Crippen molar-refractivity contribution in [2.24, 2.45) is 11.5 Å². The molecule has 0 aromatic heterocycles. The zero-order valence-electron chi connectivity index (χ0n) is 18.2. The molecular weight excluding hydrogens is 420 g/mol. The molecule has 2 aliphatic heterocycles. The second kappa shape index (κ2) is 15.3. The first kappa shape index (κ1) is 25.7. The maximum Gasteiger partial charge on any atom is 0.237 e. The fourth-order valence-electron chi connectivity index (χ4n) is 3.70. The summed E-state index contributed by atoms with van der Waals surface area (Å²) in [6.45, 7) is 7.58. The van der Waals surface area contributed by atoms with Crippen LogP contribution >= 0.6 is 21.6 Å². The van der Waals surface area contributed by atoms with Gasteiger partial charge in [-0.25, -0.2) is 0 Å². The Kier molecular flexibility index (Phi) is 13.1. The molecule has 2 atom stereocenters. The summed E-state index contributed by atoms with van der Waals surface area (Å²) in [5.74, 6) is 0.784. The van der Waals surface area contributed by atoms with Gasteiger partial charge in [-0.2, -0.15) is 0 Å². The molecule has 174 valence electrons.